The van der Waals surface area contributed by atoms with E-state index in [0.717, 1.165) is 22.2 Å². The highest BCUT2D eigenvalue weighted by Crippen LogP contribution is 2.22. The molecule has 3 rings (SSSR count). The molecule has 2 aromatic carbocycles. The lowest BCUT2D eigenvalue weighted by molar-refractivity contribution is 0.590. The Bertz CT molecular complexity index is 881. The number of anilines is 1. The third-order valence-corrected chi connectivity index (χ3v) is 4.11. The topological polar surface area (TPSA) is 49.2 Å². The second kappa shape index (κ2) is 6.76. The lowest BCUT2D eigenvalue weighted by atomic mass is 10.1. The summed E-state index contributed by atoms with van der Waals surface area (Å²) in [5.74, 6) is 0.665. The fraction of sp³-hybridized carbons (Fsp3) is 0.105. The van der Waals surface area contributed by atoms with Crippen molar-refractivity contribution in [3.63, 3.8) is 0 Å². The molecule has 0 amide bonds. The van der Waals surface area contributed by atoms with Crippen molar-refractivity contribution in [1.29, 1.82) is 0 Å². The maximum Gasteiger partial charge on any atom is 0.189 e. The van der Waals surface area contributed by atoms with Gasteiger partial charge in [0.15, 0.2) is 10.9 Å². The Morgan fingerprint density at radius 3 is 2.62 bits per heavy atom. The molecular formula is C19H19N3OS. The van der Waals surface area contributed by atoms with E-state index in [9.17, 15) is 0 Å². The first-order valence-corrected chi connectivity index (χ1v) is 8.02. The van der Waals surface area contributed by atoms with Crippen molar-refractivity contribution in [3.8, 4) is 0 Å². The smallest absolute Gasteiger partial charge is 0.189 e. The molecule has 0 saturated carbocycles. The van der Waals surface area contributed by atoms with E-state index in [4.69, 9.17) is 16.6 Å². The molecule has 0 spiro atoms. The number of aryl methyl sites for hydroxylation is 1. The number of nitrogens with one attached hydrogen (secondary N) is 3. The Balaban J connectivity index is 1.61. The summed E-state index contributed by atoms with van der Waals surface area (Å²) in [6.07, 6.45) is 0. The molecule has 0 aliphatic carbocycles. The molecule has 0 aliphatic heterocycles. The van der Waals surface area contributed by atoms with E-state index in [1.807, 2.05) is 42.5 Å². The minimum absolute atomic E-state index is 0.459. The van der Waals surface area contributed by atoms with E-state index in [1.165, 1.54) is 5.56 Å². The second-order valence-corrected chi connectivity index (χ2v) is 5.99. The van der Waals surface area contributed by atoms with E-state index >= 15 is 0 Å². The van der Waals surface area contributed by atoms with Crippen LogP contribution in [0.1, 0.15) is 16.9 Å². The molecule has 122 valence electrons. The molecule has 4 nitrogen and oxygen atoms in total. The van der Waals surface area contributed by atoms with Crippen LogP contribution in [-0.4, -0.2) is 5.11 Å². The van der Waals surface area contributed by atoms with Gasteiger partial charge in [-0.15, -0.1) is 0 Å². The minimum Gasteiger partial charge on any atom is -0.454 e. The van der Waals surface area contributed by atoms with Gasteiger partial charge < -0.3 is 9.73 Å². The number of furan rings is 1. The molecule has 1 heterocycles. The molecule has 0 bridgehead atoms. The van der Waals surface area contributed by atoms with Crippen molar-refractivity contribution in [3.05, 3.63) is 72.0 Å². The second-order valence-electron chi connectivity index (χ2n) is 5.58. The quantitative estimate of drug-likeness (QED) is 0.483. The zero-order valence-electron chi connectivity index (χ0n) is 13.6. The van der Waals surface area contributed by atoms with Crippen molar-refractivity contribution < 1.29 is 4.42 Å². The highest BCUT2D eigenvalue weighted by atomic mass is 32.1. The van der Waals surface area contributed by atoms with E-state index in [1.54, 1.807) is 0 Å². The van der Waals surface area contributed by atoms with Gasteiger partial charge in [0, 0.05) is 11.1 Å². The number of fused-ring (bicyclic) bond motifs is 1. The number of rotatable bonds is 4. The molecular weight excluding hydrogens is 318 g/mol. The number of hydrogen-bond acceptors (Lipinski definition) is 3. The Morgan fingerprint density at radius 2 is 1.83 bits per heavy atom. The van der Waals surface area contributed by atoms with Crippen LogP contribution < -0.4 is 16.2 Å². The third kappa shape index (κ3) is 3.41. The molecule has 0 unspecified atom stereocenters. The standard InChI is InChI=1S/C19H19N3OS/c1-12-7-6-9-16(13(12)2)20-19(24)22-21-14(3)18-11-15-8-4-5-10-17(15)23-18/h4-11,21H,3H2,1-2H3,(H2,20,22,24). The molecule has 0 radical (unpaired) electrons. The van der Waals surface area contributed by atoms with E-state index in [0.29, 0.717) is 16.6 Å². The van der Waals surface area contributed by atoms with Gasteiger partial charge in [-0.25, -0.2) is 0 Å². The fourth-order valence-electron chi connectivity index (χ4n) is 2.36. The first-order chi connectivity index (χ1) is 11.5. The predicted molar refractivity (Wildman–Crippen MR) is 104 cm³/mol. The van der Waals surface area contributed by atoms with E-state index in [2.05, 4.69) is 42.7 Å². The summed E-state index contributed by atoms with van der Waals surface area (Å²) in [4.78, 5) is 0. The van der Waals surface area contributed by atoms with Gasteiger partial charge in [-0.3, -0.25) is 10.9 Å². The van der Waals surface area contributed by atoms with Crippen LogP contribution in [0.4, 0.5) is 5.69 Å². The monoisotopic (exact) mass is 337 g/mol. The van der Waals surface area contributed by atoms with Crippen molar-refractivity contribution in [2.24, 2.45) is 0 Å². The predicted octanol–water partition coefficient (Wildman–Crippen LogP) is 4.51. The molecule has 5 heteroatoms. The first kappa shape index (κ1) is 16.1. The first-order valence-electron chi connectivity index (χ1n) is 7.61. The highest BCUT2D eigenvalue weighted by Gasteiger charge is 2.07. The third-order valence-electron chi connectivity index (χ3n) is 3.90. The minimum atomic E-state index is 0.459. The van der Waals surface area contributed by atoms with Crippen LogP contribution in [0.15, 0.2) is 59.5 Å². The van der Waals surface area contributed by atoms with E-state index in [-0.39, 0.29) is 0 Å². The SMILES string of the molecule is C=C(NNC(=S)Nc1cccc(C)c1C)c1cc2ccccc2o1. The molecule has 1 aromatic heterocycles. The Labute approximate surface area is 146 Å². The Kier molecular flexibility index (Phi) is 4.53. The van der Waals surface area contributed by atoms with Gasteiger partial charge in [-0.2, -0.15) is 0 Å². The largest absolute Gasteiger partial charge is 0.454 e. The summed E-state index contributed by atoms with van der Waals surface area (Å²) in [6, 6.07) is 15.8. The number of thiocarbonyl (C=S) groups is 1. The van der Waals surface area contributed by atoms with Crippen LogP contribution in [-0.2, 0) is 0 Å². The van der Waals surface area contributed by atoms with Crippen molar-refractivity contribution in [2.75, 3.05) is 5.32 Å². The van der Waals surface area contributed by atoms with E-state index < -0.39 is 0 Å². The normalized spacial score (nSPS) is 10.4. The van der Waals surface area contributed by atoms with Gasteiger partial charge in [0.2, 0.25) is 0 Å². The number of hydrogen-bond donors (Lipinski definition) is 3. The van der Waals surface area contributed by atoms with Gasteiger partial charge in [0.1, 0.15) is 5.58 Å². The zero-order valence-corrected chi connectivity index (χ0v) is 14.5. The number of hydrazine groups is 1. The summed E-state index contributed by atoms with van der Waals surface area (Å²) in [5, 5.41) is 4.66. The van der Waals surface area contributed by atoms with Gasteiger partial charge in [-0.1, -0.05) is 36.9 Å². The van der Waals surface area contributed by atoms with Gasteiger partial charge in [0.25, 0.3) is 0 Å². The van der Waals surface area contributed by atoms with Gasteiger partial charge in [-0.05, 0) is 55.4 Å². The summed E-state index contributed by atoms with van der Waals surface area (Å²) in [6.45, 7) is 8.10. The van der Waals surface area contributed by atoms with Crippen molar-refractivity contribution >= 4 is 39.7 Å². The molecule has 24 heavy (non-hydrogen) atoms. The Morgan fingerprint density at radius 1 is 1.04 bits per heavy atom. The zero-order chi connectivity index (χ0) is 17.1. The molecule has 0 atom stereocenters. The average molecular weight is 337 g/mol. The van der Waals surface area contributed by atoms with Crippen LogP contribution in [0.5, 0.6) is 0 Å². The lowest BCUT2D eigenvalue weighted by Crippen LogP contribution is -2.38. The van der Waals surface area contributed by atoms with Crippen LogP contribution in [0.3, 0.4) is 0 Å². The molecule has 0 fully saturated rings. The summed E-state index contributed by atoms with van der Waals surface area (Å²) in [5.41, 5.74) is 10.7. The maximum absolute atomic E-state index is 5.75. The lowest BCUT2D eigenvalue weighted by Gasteiger charge is -2.15. The molecule has 3 aromatic rings. The fourth-order valence-corrected chi connectivity index (χ4v) is 2.53. The number of benzene rings is 2. The summed E-state index contributed by atoms with van der Waals surface area (Å²) < 4.78 is 5.75. The molecule has 0 saturated heterocycles. The van der Waals surface area contributed by atoms with Crippen molar-refractivity contribution in [2.45, 2.75) is 13.8 Å². The maximum atomic E-state index is 5.75. The molecule has 0 aliphatic rings. The average Bonchev–Trinajstić information content (AvgIpc) is 3.01. The number of para-hydroxylation sites is 1. The van der Waals surface area contributed by atoms with Crippen LogP contribution >= 0.6 is 12.2 Å². The highest BCUT2D eigenvalue weighted by molar-refractivity contribution is 7.80. The van der Waals surface area contributed by atoms with Crippen molar-refractivity contribution in [1.82, 2.24) is 10.9 Å². The van der Waals surface area contributed by atoms with Crippen LogP contribution in [0.2, 0.25) is 0 Å². The van der Waals surface area contributed by atoms with Gasteiger partial charge >= 0.3 is 0 Å². The summed E-state index contributed by atoms with van der Waals surface area (Å²) >= 11 is 5.32. The Hall–Kier alpha value is -2.79. The summed E-state index contributed by atoms with van der Waals surface area (Å²) in [7, 11) is 0. The molecule has 3 N–H and O–H groups in total. The van der Waals surface area contributed by atoms with Crippen LogP contribution in [0, 0.1) is 13.8 Å². The van der Waals surface area contributed by atoms with Crippen LogP contribution in [0.25, 0.3) is 16.7 Å². The van der Waals surface area contributed by atoms with Gasteiger partial charge in [0.05, 0.1) is 5.70 Å².